The van der Waals surface area contributed by atoms with Crippen molar-refractivity contribution < 1.29 is 0 Å². The third-order valence-corrected chi connectivity index (χ3v) is 11.6. The lowest BCUT2D eigenvalue weighted by Crippen LogP contribution is -2.25. The first-order chi connectivity index (χ1) is 25.2. The zero-order chi connectivity index (χ0) is 34.9. The molecule has 0 fully saturated rings. The minimum absolute atomic E-state index is 0.253. The van der Waals surface area contributed by atoms with Crippen LogP contribution in [0.15, 0.2) is 133 Å². The van der Waals surface area contributed by atoms with E-state index in [4.69, 9.17) is 0 Å². The van der Waals surface area contributed by atoms with Gasteiger partial charge in [-0.05, 0) is 115 Å². The van der Waals surface area contributed by atoms with E-state index in [1.165, 1.54) is 144 Å². The Morgan fingerprint density at radius 3 is 0.980 bits per heavy atom. The molecule has 0 atom stereocenters. The van der Waals surface area contributed by atoms with Crippen LogP contribution < -0.4 is 0 Å². The van der Waals surface area contributed by atoms with Crippen molar-refractivity contribution in [2.75, 3.05) is 0 Å². The Hall–Kier alpha value is -4.42. The van der Waals surface area contributed by atoms with Crippen molar-refractivity contribution in [3.63, 3.8) is 0 Å². The quantitative estimate of drug-likeness (QED) is 0.0799. The predicted molar refractivity (Wildman–Crippen MR) is 225 cm³/mol. The van der Waals surface area contributed by atoms with Gasteiger partial charge in [0.1, 0.15) is 0 Å². The molecule has 8 rings (SSSR count). The minimum atomic E-state index is 0.253. The van der Waals surface area contributed by atoms with Crippen LogP contribution >= 0.6 is 0 Å². The Bertz CT molecular complexity index is 1950. The molecular formula is C51H56. The first-order valence-corrected chi connectivity index (χ1v) is 20.1. The smallest absolute Gasteiger partial charge is 0.0215 e. The van der Waals surface area contributed by atoms with E-state index in [1.54, 1.807) is 11.1 Å². The summed E-state index contributed by atoms with van der Waals surface area (Å²) in [6, 6.07) is 49.5. The first kappa shape index (κ1) is 35.0. The maximum absolute atomic E-state index is 2.43. The van der Waals surface area contributed by atoms with E-state index in [0.717, 1.165) is 0 Å². The fourth-order valence-corrected chi connectivity index (χ4v) is 8.88. The molecule has 51 heavy (non-hydrogen) atoms. The predicted octanol–water partition coefficient (Wildman–Crippen LogP) is 15.8. The Morgan fingerprint density at radius 1 is 0.314 bits per heavy atom. The maximum atomic E-state index is 2.43. The second-order valence-electron chi connectivity index (χ2n) is 15.2. The van der Waals surface area contributed by atoms with Gasteiger partial charge < -0.3 is 0 Å². The average molecular weight is 669 g/mol. The molecular weight excluding hydrogens is 613 g/mol. The number of unbranched alkanes of at least 4 members (excludes halogenated alkanes) is 10. The Kier molecular flexibility index (Phi) is 11.5. The summed E-state index contributed by atoms with van der Waals surface area (Å²) in [5.41, 5.74) is 6.48. The molecule has 0 aromatic heterocycles. The maximum Gasteiger partial charge on any atom is 0.0215 e. The third-order valence-electron chi connectivity index (χ3n) is 11.6. The summed E-state index contributed by atoms with van der Waals surface area (Å²) in [6.45, 7) is 4.61. The van der Waals surface area contributed by atoms with Crippen LogP contribution in [0.1, 0.15) is 115 Å². The van der Waals surface area contributed by atoms with Crippen molar-refractivity contribution >= 4 is 43.1 Å². The molecule has 0 radical (unpaired) electrons. The average Bonchev–Trinajstić information content (AvgIpc) is 3.45. The molecule has 0 aliphatic heterocycles. The molecule has 0 N–H and O–H groups in total. The molecule has 0 amide bonds. The minimum Gasteiger partial charge on any atom is -0.0654 e. The molecule has 1 aliphatic carbocycles. The fraction of sp³-hybridized carbons (Fsp3) is 0.333. The highest BCUT2D eigenvalue weighted by Gasteiger charge is 2.41. The number of benzene rings is 7. The van der Waals surface area contributed by atoms with E-state index in [-0.39, 0.29) is 5.41 Å². The van der Waals surface area contributed by atoms with Crippen molar-refractivity contribution in [1.29, 1.82) is 0 Å². The van der Waals surface area contributed by atoms with E-state index in [2.05, 4.69) is 147 Å². The van der Waals surface area contributed by atoms with Crippen LogP contribution in [0, 0.1) is 0 Å². The second kappa shape index (κ2) is 16.7. The summed E-state index contributed by atoms with van der Waals surface area (Å²) >= 11 is 0. The molecule has 0 heteroatoms. The largest absolute Gasteiger partial charge is 0.0654 e. The van der Waals surface area contributed by atoms with Gasteiger partial charge in [-0.3, -0.25) is 0 Å². The van der Waals surface area contributed by atoms with Crippen LogP contribution in [0.5, 0.6) is 0 Å². The monoisotopic (exact) mass is 668 g/mol. The van der Waals surface area contributed by atoms with Gasteiger partial charge in [-0.1, -0.05) is 188 Å². The van der Waals surface area contributed by atoms with Gasteiger partial charge in [-0.25, -0.2) is 0 Å². The van der Waals surface area contributed by atoms with Crippen LogP contribution in [0.2, 0.25) is 0 Å². The van der Waals surface area contributed by atoms with Crippen LogP contribution in [-0.4, -0.2) is 0 Å². The first-order valence-electron chi connectivity index (χ1n) is 20.1. The van der Waals surface area contributed by atoms with E-state index in [9.17, 15) is 0 Å². The van der Waals surface area contributed by atoms with Crippen molar-refractivity contribution in [2.45, 2.75) is 109 Å². The summed E-state index contributed by atoms with van der Waals surface area (Å²) in [5, 5.41) is 10.4. The van der Waals surface area contributed by atoms with Crippen LogP contribution in [0.3, 0.4) is 0 Å². The summed E-state index contributed by atoms with van der Waals surface area (Å²) < 4.78 is 0. The zero-order valence-corrected chi connectivity index (χ0v) is 31.1. The summed E-state index contributed by atoms with van der Waals surface area (Å²) in [4.78, 5) is 0. The van der Waals surface area contributed by atoms with E-state index < -0.39 is 0 Å². The molecule has 260 valence electrons. The van der Waals surface area contributed by atoms with Crippen molar-refractivity contribution in [3.05, 3.63) is 145 Å². The molecule has 0 saturated heterocycles. The van der Waals surface area contributed by atoms with Crippen molar-refractivity contribution in [1.82, 2.24) is 0 Å². The van der Waals surface area contributed by atoms with Gasteiger partial charge in [0.15, 0.2) is 0 Å². The number of rotatable bonds is 14. The second-order valence-corrected chi connectivity index (χ2v) is 15.2. The highest BCUT2D eigenvalue weighted by molar-refractivity contribution is 6.08. The summed E-state index contributed by atoms with van der Waals surface area (Å²) in [7, 11) is 0. The van der Waals surface area contributed by atoms with E-state index >= 15 is 0 Å². The molecule has 0 spiro atoms. The van der Waals surface area contributed by atoms with Gasteiger partial charge >= 0.3 is 0 Å². The number of hydrogen-bond acceptors (Lipinski definition) is 0. The molecule has 7 aromatic rings. The molecule has 0 unspecified atom stereocenters. The molecule has 0 nitrogen and oxygen atoms in total. The number of fused-ring (bicyclic) bond motifs is 7. The summed E-state index contributed by atoms with van der Waals surface area (Å²) in [5.74, 6) is 0. The lowest BCUT2D eigenvalue weighted by atomic mass is 9.70. The van der Waals surface area contributed by atoms with Crippen LogP contribution in [0.25, 0.3) is 54.2 Å². The highest BCUT2D eigenvalue weighted by Crippen LogP contribution is 2.54. The van der Waals surface area contributed by atoms with Gasteiger partial charge in [-0.2, -0.15) is 0 Å². The molecule has 0 saturated carbocycles. The van der Waals surface area contributed by atoms with Gasteiger partial charge in [0.25, 0.3) is 0 Å². The number of hydrogen-bond donors (Lipinski definition) is 0. The zero-order valence-electron chi connectivity index (χ0n) is 31.1. The lowest BCUT2D eigenvalue weighted by Gasteiger charge is -2.33. The molecule has 1 aliphatic rings. The Labute approximate surface area is 306 Å². The normalized spacial score (nSPS) is 13.0. The summed E-state index contributed by atoms with van der Waals surface area (Å²) in [6.07, 6.45) is 19.3. The topological polar surface area (TPSA) is 0 Å². The lowest BCUT2D eigenvalue weighted by molar-refractivity contribution is 0.398. The van der Waals surface area contributed by atoms with E-state index in [0.29, 0.717) is 0 Å². The van der Waals surface area contributed by atoms with Gasteiger partial charge in [0, 0.05) is 5.41 Å². The van der Waals surface area contributed by atoms with Crippen LogP contribution in [0.4, 0.5) is 0 Å². The fourth-order valence-electron chi connectivity index (χ4n) is 8.88. The third kappa shape index (κ3) is 7.77. The standard InChI is InChI=1S/C29H42.C22H14/c1-3-5-7-9-11-17-23-29(24-18-12-10-8-6-4-2)27-21-15-13-19-25(27)26-20-14-16-22-28(26)29;1-2-6-16-10-20-14-22-12-18-8-4-3-7-17(18)11-21(22)13-19(20)9-15(16)5-1/h13-16,19-22H,3-12,17-18,23-24H2,1-2H3;1-14H. The van der Waals surface area contributed by atoms with Gasteiger partial charge in [0.2, 0.25) is 0 Å². The van der Waals surface area contributed by atoms with Gasteiger partial charge in [-0.15, -0.1) is 0 Å². The van der Waals surface area contributed by atoms with Crippen LogP contribution in [-0.2, 0) is 5.41 Å². The van der Waals surface area contributed by atoms with Crippen molar-refractivity contribution in [2.24, 2.45) is 0 Å². The van der Waals surface area contributed by atoms with Gasteiger partial charge in [0.05, 0.1) is 0 Å². The van der Waals surface area contributed by atoms with Crippen molar-refractivity contribution in [3.8, 4) is 11.1 Å². The Balaban J connectivity index is 0.000000164. The molecule has 0 heterocycles. The molecule has 0 bridgehead atoms. The highest BCUT2D eigenvalue weighted by atomic mass is 14.4. The SMILES string of the molecule is CCCCCCCCC1(CCCCCCCC)c2ccccc2-c2ccccc21.c1ccc2cc3cc4cc5ccccc5cc4cc3cc2c1. The molecule has 7 aromatic carbocycles. The Morgan fingerprint density at radius 2 is 0.608 bits per heavy atom. The van der Waals surface area contributed by atoms with E-state index in [1.807, 2.05) is 0 Å².